The van der Waals surface area contributed by atoms with E-state index >= 15 is 0 Å². The van der Waals surface area contributed by atoms with Crippen molar-refractivity contribution in [2.75, 3.05) is 19.0 Å². The molecule has 0 amide bonds. The summed E-state index contributed by atoms with van der Waals surface area (Å²) in [6, 6.07) is 0. The second kappa shape index (κ2) is 6.77. The predicted octanol–water partition coefficient (Wildman–Crippen LogP) is 4.35. The minimum atomic E-state index is -0.317. The van der Waals surface area contributed by atoms with Gasteiger partial charge >= 0.3 is 0 Å². The molecule has 1 aromatic heterocycles. The van der Waals surface area contributed by atoms with Gasteiger partial charge in [0.2, 0.25) is 0 Å². The number of nitrogens with one attached hydrogen (secondary N) is 1. The molecule has 1 aromatic rings. The average molecular weight is 403 g/mol. The Balaban J connectivity index is 2.26. The number of rotatable bonds is 5. The van der Waals surface area contributed by atoms with Gasteiger partial charge < -0.3 is 10.1 Å². The van der Waals surface area contributed by atoms with Crippen LogP contribution >= 0.6 is 22.6 Å². The number of aromatic nitrogens is 2. The molecule has 2 rings (SSSR count). The molecule has 4 nitrogen and oxygen atoms in total. The molecule has 21 heavy (non-hydrogen) atoms. The third kappa shape index (κ3) is 3.86. The van der Waals surface area contributed by atoms with Crippen LogP contribution in [0.4, 0.5) is 5.82 Å². The average Bonchev–Trinajstić information content (AvgIpc) is 2.47. The number of ether oxygens (including phenoxy) is 1. The first-order valence-corrected chi connectivity index (χ1v) is 8.82. The van der Waals surface area contributed by atoms with E-state index < -0.39 is 0 Å². The van der Waals surface area contributed by atoms with E-state index in [4.69, 9.17) is 9.72 Å². The Labute approximate surface area is 141 Å². The number of anilines is 1. The minimum absolute atomic E-state index is 0.317. The van der Waals surface area contributed by atoms with Gasteiger partial charge in [-0.15, -0.1) is 0 Å². The minimum Gasteiger partial charge on any atom is -0.370 e. The van der Waals surface area contributed by atoms with Crippen LogP contribution < -0.4 is 5.32 Å². The van der Waals surface area contributed by atoms with Crippen molar-refractivity contribution in [2.45, 2.75) is 58.5 Å². The molecule has 0 bridgehead atoms. The van der Waals surface area contributed by atoms with Gasteiger partial charge in [0.15, 0.2) is 5.82 Å². The van der Waals surface area contributed by atoms with Gasteiger partial charge in [0, 0.05) is 19.9 Å². The standard InChI is InChI=1S/C16H26IN3O/c1-5-10-18-13-12(17)11-19-14(20-13)16(21-4)8-6-15(2,3)7-9-16/h11H,5-10H2,1-4H3,(H,18,19,20). The summed E-state index contributed by atoms with van der Waals surface area (Å²) >= 11 is 2.28. The van der Waals surface area contributed by atoms with Crippen molar-refractivity contribution >= 4 is 28.4 Å². The molecule has 1 saturated carbocycles. The summed E-state index contributed by atoms with van der Waals surface area (Å²) in [7, 11) is 1.79. The number of methoxy groups -OCH3 is 1. The van der Waals surface area contributed by atoms with Crippen LogP contribution in [0.3, 0.4) is 0 Å². The molecule has 5 heteroatoms. The smallest absolute Gasteiger partial charge is 0.162 e. The highest BCUT2D eigenvalue weighted by atomic mass is 127. The lowest BCUT2D eigenvalue weighted by Gasteiger charge is -2.41. The van der Waals surface area contributed by atoms with E-state index in [1.165, 1.54) is 0 Å². The molecule has 118 valence electrons. The Hall–Kier alpha value is -0.430. The van der Waals surface area contributed by atoms with Crippen molar-refractivity contribution in [2.24, 2.45) is 5.41 Å². The highest BCUT2D eigenvalue weighted by Crippen LogP contribution is 2.46. The van der Waals surface area contributed by atoms with E-state index in [2.05, 4.69) is 53.7 Å². The zero-order valence-corrected chi connectivity index (χ0v) is 15.7. The fraction of sp³-hybridized carbons (Fsp3) is 0.750. The molecule has 0 unspecified atom stereocenters. The summed E-state index contributed by atoms with van der Waals surface area (Å²) < 4.78 is 6.96. The first kappa shape index (κ1) is 16.9. The fourth-order valence-electron chi connectivity index (χ4n) is 2.80. The predicted molar refractivity (Wildman–Crippen MR) is 94.5 cm³/mol. The molecule has 1 aliphatic rings. The van der Waals surface area contributed by atoms with Crippen LogP contribution in [0.1, 0.15) is 58.7 Å². The van der Waals surface area contributed by atoms with E-state index in [9.17, 15) is 0 Å². The maximum atomic E-state index is 5.90. The van der Waals surface area contributed by atoms with Crippen molar-refractivity contribution in [1.29, 1.82) is 0 Å². The topological polar surface area (TPSA) is 47.0 Å². The number of nitrogens with zero attached hydrogens (tertiary/aromatic N) is 2. The highest BCUT2D eigenvalue weighted by molar-refractivity contribution is 14.1. The molecule has 0 spiro atoms. The van der Waals surface area contributed by atoms with Crippen LogP contribution in [0, 0.1) is 8.99 Å². The van der Waals surface area contributed by atoms with Crippen molar-refractivity contribution in [3.05, 3.63) is 15.6 Å². The van der Waals surface area contributed by atoms with Gasteiger partial charge in [0.05, 0.1) is 3.57 Å². The van der Waals surface area contributed by atoms with E-state index in [1.807, 2.05) is 6.20 Å². The Morgan fingerprint density at radius 2 is 1.95 bits per heavy atom. The summed E-state index contributed by atoms with van der Waals surface area (Å²) in [6.45, 7) is 7.74. The third-order valence-electron chi connectivity index (χ3n) is 4.50. The summed E-state index contributed by atoms with van der Waals surface area (Å²) in [6.07, 6.45) is 7.26. The van der Waals surface area contributed by atoms with Gasteiger partial charge in [0.1, 0.15) is 11.4 Å². The highest BCUT2D eigenvalue weighted by Gasteiger charge is 2.42. The van der Waals surface area contributed by atoms with Crippen LogP contribution in [0.15, 0.2) is 6.20 Å². The number of hydrogen-bond donors (Lipinski definition) is 1. The van der Waals surface area contributed by atoms with E-state index in [0.29, 0.717) is 5.41 Å². The molecule has 1 heterocycles. The van der Waals surface area contributed by atoms with Gasteiger partial charge in [0.25, 0.3) is 0 Å². The summed E-state index contributed by atoms with van der Waals surface area (Å²) in [5.74, 6) is 1.77. The first-order chi connectivity index (χ1) is 9.92. The molecule has 1 aliphatic carbocycles. The van der Waals surface area contributed by atoms with Gasteiger partial charge in [-0.3, -0.25) is 0 Å². The maximum absolute atomic E-state index is 5.90. The van der Waals surface area contributed by atoms with Gasteiger partial charge in [-0.1, -0.05) is 20.8 Å². The second-order valence-electron chi connectivity index (χ2n) is 6.68. The van der Waals surface area contributed by atoms with Crippen LogP contribution in [0.25, 0.3) is 0 Å². The molecule has 0 radical (unpaired) electrons. The second-order valence-corrected chi connectivity index (χ2v) is 7.84. The molecule has 0 atom stereocenters. The molecule has 1 fully saturated rings. The molecule has 0 aromatic carbocycles. The van der Waals surface area contributed by atoms with Gasteiger partial charge in [-0.25, -0.2) is 9.97 Å². The zero-order valence-electron chi connectivity index (χ0n) is 13.5. The van der Waals surface area contributed by atoms with Crippen LogP contribution in [-0.4, -0.2) is 23.6 Å². The molecule has 1 N–H and O–H groups in total. The lowest BCUT2D eigenvalue weighted by molar-refractivity contribution is -0.0728. The Kier molecular flexibility index (Phi) is 5.46. The summed E-state index contributed by atoms with van der Waals surface area (Å²) in [5.41, 5.74) is 0.0804. The maximum Gasteiger partial charge on any atom is 0.162 e. The zero-order chi connectivity index (χ0) is 15.5. The summed E-state index contributed by atoms with van der Waals surface area (Å²) in [4.78, 5) is 9.35. The van der Waals surface area contributed by atoms with Crippen LogP contribution in [-0.2, 0) is 10.3 Å². The van der Waals surface area contributed by atoms with Crippen molar-refractivity contribution in [3.63, 3.8) is 0 Å². The van der Waals surface area contributed by atoms with E-state index in [1.54, 1.807) is 7.11 Å². The lowest BCUT2D eigenvalue weighted by Crippen LogP contribution is -2.38. The number of halogens is 1. The number of hydrogen-bond acceptors (Lipinski definition) is 4. The monoisotopic (exact) mass is 403 g/mol. The SMILES string of the molecule is CCCNc1nc(C2(OC)CCC(C)(C)CC2)ncc1I. The Morgan fingerprint density at radius 3 is 2.52 bits per heavy atom. The molecular weight excluding hydrogens is 377 g/mol. The van der Waals surface area contributed by atoms with Crippen molar-refractivity contribution in [3.8, 4) is 0 Å². The Bertz CT molecular complexity index is 480. The van der Waals surface area contributed by atoms with E-state index in [0.717, 1.165) is 53.9 Å². The summed E-state index contributed by atoms with van der Waals surface area (Å²) in [5, 5.41) is 3.39. The van der Waals surface area contributed by atoms with Gasteiger partial charge in [-0.05, 0) is 60.1 Å². The first-order valence-electron chi connectivity index (χ1n) is 7.74. The van der Waals surface area contributed by atoms with Gasteiger partial charge in [-0.2, -0.15) is 0 Å². The van der Waals surface area contributed by atoms with E-state index in [-0.39, 0.29) is 5.60 Å². The van der Waals surface area contributed by atoms with Crippen molar-refractivity contribution < 1.29 is 4.74 Å². The quantitative estimate of drug-likeness (QED) is 0.743. The normalized spacial score (nSPS) is 20.2. The Morgan fingerprint density at radius 1 is 1.29 bits per heavy atom. The molecule has 0 saturated heterocycles. The van der Waals surface area contributed by atoms with Crippen LogP contribution in [0.2, 0.25) is 0 Å². The lowest BCUT2D eigenvalue weighted by atomic mass is 9.70. The fourth-order valence-corrected chi connectivity index (χ4v) is 3.25. The molecule has 0 aliphatic heterocycles. The largest absolute Gasteiger partial charge is 0.370 e. The molecular formula is C16H26IN3O. The third-order valence-corrected chi connectivity index (χ3v) is 5.29. The van der Waals surface area contributed by atoms with Crippen LogP contribution in [0.5, 0.6) is 0 Å². The van der Waals surface area contributed by atoms with Crippen molar-refractivity contribution in [1.82, 2.24) is 9.97 Å².